The first-order valence-electron chi connectivity index (χ1n) is 6.71. The van der Waals surface area contributed by atoms with Gasteiger partial charge in [0.2, 0.25) is 0 Å². The normalized spacial score (nSPS) is 16.2. The van der Waals surface area contributed by atoms with Crippen molar-refractivity contribution in [1.29, 1.82) is 0 Å². The van der Waals surface area contributed by atoms with Crippen molar-refractivity contribution in [3.63, 3.8) is 0 Å². The number of methoxy groups -OCH3 is 1. The fourth-order valence-corrected chi connectivity index (χ4v) is 2.19. The van der Waals surface area contributed by atoms with Crippen LogP contribution in [-0.2, 0) is 0 Å². The summed E-state index contributed by atoms with van der Waals surface area (Å²) in [6.07, 6.45) is 4.94. The number of rotatable bonds is 6. The molecule has 98 valence electrons. The van der Waals surface area contributed by atoms with Crippen LogP contribution in [0.1, 0.15) is 38.3 Å². The van der Waals surface area contributed by atoms with Gasteiger partial charge in [-0.25, -0.2) is 0 Å². The summed E-state index contributed by atoms with van der Waals surface area (Å²) in [6.45, 7) is 5.23. The maximum Gasteiger partial charge on any atom is 0.118 e. The van der Waals surface area contributed by atoms with Gasteiger partial charge in [-0.3, -0.25) is 0 Å². The standard InChI is InChI=1S/C16H23NO/c1-12(2)10-11-17-16(13-4-5-13)14-6-8-15(18-3)9-7-14/h6-10,13,16-17H,4-5,11H2,1-3H3. The van der Waals surface area contributed by atoms with E-state index in [2.05, 4.69) is 37.4 Å². The third-order valence-corrected chi connectivity index (χ3v) is 3.42. The summed E-state index contributed by atoms with van der Waals surface area (Å²) in [5, 5.41) is 3.65. The molecule has 1 atom stereocenters. The highest BCUT2D eigenvalue weighted by atomic mass is 16.5. The summed E-state index contributed by atoms with van der Waals surface area (Å²) in [5.74, 6) is 1.74. The fraction of sp³-hybridized carbons (Fsp3) is 0.500. The average Bonchev–Trinajstić information content (AvgIpc) is 3.19. The third kappa shape index (κ3) is 3.61. The number of benzene rings is 1. The van der Waals surface area contributed by atoms with Gasteiger partial charge in [-0.1, -0.05) is 23.8 Å². The molecule has 0 bridgehead atoms. The molecule has 1 aromatic rings. The van der Waals surface area contributed by atoms with E-state index in [1.807, 2.05) is 12.1 Å². The Morgan fingerprint density at radius 3 is 2.50 bits per heavy atom. The molecule has 1 N–H and O–H groups in total. The van der Waals surface area contributed by atoms with E-state index in [-0.39, 0.29) is 0 Å². The molecule has 0 amide bonds. The second-order valence-electron chi connectivity index (χ2n) is 5.28. The smallest absolute Gasteiger partial charge is 0.118 e. The van der Waals surface area contributed by atoms with Gasteiger partial charge in [0.1, 0.15) is 5.75 Å². The maximum atomic E-state index is 5.21. The Bertz CT molecular complexity index is 400. The predicted molar refractivity (Wildman–Crippen MR) is 75.9 cm³/mol. The minimum Gasteiger partial charge on any atom is -0.497 e. The lowest BCUT2D eigenvalue weighted by atomic mass is 10.0. The molecular weight excluding hydrogens is 222 g/mol. The molecule has 0 radical (unpaired) electrons. The molecule has 0 spiro atoms. The zero-order valence-electron chi connectivity index (χ0n) is 11.6. The lowest BCUT2D eigenvalue weighted by Crippen LogP contribution is -2.23. The van der Waals surface area contributed by atoms with E-state index in [0.29, 0.717) is 6.04 Å². The summed E-state index contributed by atoms with van der Waals surface area (Å²) in [4.78, 5) is 0. The Morgan fingerprint density at radius 1 is 1.33 bits per heavy atom. The molecule has 1 saturated carbocycles. The first-order chi connectivity index (χ1) is 8.70. The lowest BCUT2D eigenvalue weighted by molar-refractivity contribution is 0.414. The van der Waals surface area contributed by atoms with Gasteiger partial charge in [0.05, 0.1) is 7.11 Å². The van der Waals surface area contributed by atoms with Gasteiger partial charge in [0, 0.05) is 12.6 Å². The summed E-state index contributed by atoms with van der Waals surface area (Å²) >= 11 is 0. The predicted octanol–water partition coefficient (Wildman–Crippen LogP) is 3.70. The van der Waals surface area contributed by atoms with Crippen LogP contribution >= 0.6 is 0 Å². The van der Waals surface area contributed by atoms with E-state index in [9.17, 15) is 0 Å². The van der Waals surface area contributed by atoms with Crippen LogP contribution in [0.5, 0.6) is 5.75 Å². The number of ether oxygens (including phenoxy) is 1. The van der Waals surface area contributed by atoms with Crippen LogP contribution in [0.4, 0.5) is 0 Å². The Labute approximate surface area is 110 Å². The van der Waals surface area contributed by atoms with E-state index in [1.54, 1.807) is 7.11 Å². The Kier molecular flexibility index (Phi) is 4.43. The van der Waals surface area contributed by atoms with Crippen molar-refractivity contribution < 1.29 is 4.74 Å². The molecule has 1 aliphatic carbocycles. The topological polar surface area (TPSA) is 21.3 Å². The van der Waals surface area contributed by atoms with Gasteiger partial charge < -0.3 is 10.1 Å². The van der Waals surface area contributed by atoms with E-state index in [1.165, 1.54) is 24.0 Å². The van der Waals surface area contributed by atoms with Crippen molar-refractivity contribution in [2.24, 2.45) is 5.92 Å². The molecule has 1 aliphatic rings. The van der Waals surface area contributed by atoms with Crippen molar-refractivity contribution in [2.75, 3.05) is 13.7 Å². The van der Waals surface area contributed by atoms with Gasteiger partial charge in [0.15, 0.2) is 0 Å². The minimum absolute atomic E-state index is 0.492. The molecule has 1 aromatic carbocycles. The van der Waals surface area contributed by atoms with Crippen molar-refractivity contribution in [3.05, 3.63) is 41.5 Å². The number of nitrogens with one attached hydrogen (secondary N) is 1. The van der Waals surface area contributed by atoms with Crippen molar-refractivity contribution >= 4 is 0 Å². The van der Waals surface area contributed by atoms with Gasteiger partial charge in [0.25, 0.3) is 0 Å². The Balaban J connectivity index is 2.02. The van der Waals surface area contributed by atoms with Gasteiger partial charge in [-0.2, -0.15) is 0 Å². The third-order valence-electron chi connectivity index (χ3n) is 3.42. The van der Waals surface area contributed by atoms with Gasteiger partial charge in [-0.15, -0.1) is 0 Å². The van der Waals surface area contributed by atoms with E-state index >= 15 is 0 Å². The molecule has 2 nitrogen and oxygen atoms in total. The largest absolute Gasteiger partial charge is 0.497 e. The quantitative estimate of drug-likeness (QED) is 0.772. The van der Waals surface area contributed by atoms with Crippen LogP contribution in [0, 0.1) is 5.92 Å². The lowest BCUT2D eigenvalue weighted by Gasteiger charge is -2.18. The second-order valence-corrected chi connectivity index (χ2v) is 5.28. The number of hydrogen-bond acceptors (Lipinski definition) is 2. The van der Waals surface area contributed by atoms with Crippen molar-refractivity contribution in [3.8, 4) is 5.75 Å². The summed E-state index contributed by atoms with van der Waals surface area (Å²) in [5.41, 5.74) is 2.74. The molecule has 18 heavy (non-hydrogen) atoms. The molecular formula is C16H23NO. The molecule has 1 fully saturated rings. The molecule has 2 heteroatoms. The monoisotopic (exact) mass is 245 g/mol. The summed E-state index contributed by atoms with van der Waals surface area (Å²) in [6, 6.07) is 8.95. The SMILES string of the molecule is COc1ccc(C(NCC=C(C)C)C2CC2)cc1. The van der Waals surface area contributed by atoms with Gasteiger partial charge in [-0.05, 0) is 50.3 Å². The summed E-state index contributed by atoms with van der Waals surface area (Å²) < 4.78 is 5.21. The molecule has 1 unspecified atom stereocenters. The minimum atomic E-state index is 0.492. The van der Waals surface area contributed by atoms with Crippen LogP contribution in [0.3, 0.4) is 0 Å². The summed E-state index contributed by atoms with van der Waals surface area (Å²) in [7, 11) is 1.71. The van der Waals surface area contributed by atoms with Gasteiger partial charge >= 0.3 is 0 Å². The molecule has 0 aromatic heterocycles. The highest BCUT2D eigenvalue weighted by Crippen LogP contribution is 2.41. The van der Waals surface area contributed by atoms with E-state index < -0.39 is 0 Å². The number of allylic oxidation sites excluding steroid dienone is 1. The second kappa shape index (κ2) is 6.05. The Hall–Kier alpha value is -1.28. The van der Waals surface area contributed by atoms with Crippen molar-refractivity contribution in [2.45, 2.75) is 32.7 Å². The van der Waals surface area contributed by atoms with Crippen LogP contribution < -0.4 is 10.1 Å². The van der Waals surface area contributed by atoms with Crippen LogP contribution in [0.15, 0.2) is 35.9 Å². The first-order valence-corrected chi connectivity index (χ1v) is 6.71. The van der Waals surface area contributed by atoms with Crippen LogP contribution in [0.25, 0.3) is 0 Å². The average molecular weight is 245 g/mol. The van der Waals surface area contributed by atoms with E-state index in [4.69, 9.17) is 4.74 Å². The fourth-order valence-electron chi connectivity index (χ4n) is 2.19. The zero-order valence-corrected chi connectivity index (χ0v) is 11.6. The van der Waals surface area contributed by atoms with Crippen LogP contribution in [-0.4, -0.2) is 13.7 Å². The zero-order chi connectivity index (χ0) is 13.0. The molecule has 0 saturated heterocycles. The molecule has 0 aliphatic heterocycles. The Morgan fingerprint density at radius 2 is 2.00 bits per heavy atom. The van der Waals surface area contributed by atoms with E-state index in [0.717, 1.165) is 18.2 Å². The highest BCUT2D eigenvalue weighted by molar-refractivity contribution is 5.30. The van der Waals surface area contributed by atoms with Crippen molar-refractivity contribution in [1.82, 2.24) is 5.32 Å². The molecule has 2 rings (SSSR count). The maximum absolute atomic E-state index is 5.21. The first kappa shape index (κ1) is 13.2. The number of hydrogen-bond donors (Lipinski definition) is 1. The van der Waals surface area contributed by atoms with Crippen LogP contribution in [0.2, 0.25) is 0 Å². The molecule has 0 heterocycles. The highest BCUT2D eigenvalue weighted by Gasteiger charge is 2.31.